The number of aromatic nitrogens is 3. The fourth-order valence-corrected chi connectivity index (χ4v) is 3.55. The van der Waals surface area contributed by atoms with Crippen LogP contribution in [0.4, 0.5) is 5.82 Å². The lowest BCUT2D eigenvalue weighted by Gasteiger charge is -2.06. The number of fused-ring (bicyclic) bond motifs is 2. The maximum atomic E-state index is 5.97. The summed E-state index contributed by atoms with van der Waals surface area (Å²) in [7, 11) is 0. The van der Waals surface area contributed by atoms with Crippen LogP contribution in [0.1, 0.15) is 4.88 Å². The van der Waals surface area contributed by atoms with Gasteiger partial charge in [-0.05, 0) is 29.6 Å². The average molecular weight is 346 g/mol. The monoisotopic (exact) mass is 346 g/mol. The molecule has 0 amide bonds. The summed E-state index contributed by atoms with van der Waals surface area (Å²) in [5.74, 6) is 1.68. The van der Waals surface area contributed by atoms with Crippen LogP contribution in [0, 0.1) is 0 Å². The maximum absolute atomic E-state index is 5.97. The Balaban J connectivity index is 1.55. The van der Waals surface area contributed by atoms with E-state index in [4.69, 9.17) is 4.42 Å². The van der Waals surface area contributed by atoms with E-state index in [9.17, 15) is 0 Å². The second kappa shape index (κ2) is 5.75. The number of anilines is 1. The first-order valence-electron chi connectivity index (χ1n) is 7.96. The molecule has 5 rings (SSSR count). The van der Waals surface area contributed by atoms with E-state index in [0.29, 0.717) is 0 Å². The summed E-state index contributed by atoms with van der Waals surface area (Å²) in [6, 6.07) is 16.1. The van der Waals surface area contributed by atoms with E-state index < -0.39 is 0 Å². The van der Waals surface area contributed by atoms with Crippen LogP contribution in [0.2, 0.25) is 0 Å². The van der Waals surface area contributed by atoms with Crippen LogP contribution in [-0.4, -0.2) is 14.6 Å². The van der Waals surface area contributed by atoms with Gasteiger partial charge < -0.3 is 9.73 Å². The predicted octanol–water partition coefficient (Wildman–Crippen LogP) is 4.82. The first-order valence-corrected chi connectivity index (χ1v) is 8.84. The Kier molecular flexibility index (Phi) is 3.28. The highest BCUT2D eigenvalue weighted by Crippen LogP contribution is 2.30. The molecule has 0 bridgehead atoms. The zero-order valence-corrected chi connectivity index (χ0v) is 14.0. The third-order valence-electron chi connectivity index (χ3n) is 4.12. The maximum Gasteiger partial charge on any atom is 0.168 e. The number of hydrogen-bond donors (Lipinski definition) is 1. The number of benzene rings is 1. The first-order chi connectivity index (χ1) is 12.4. The summed E-state index contributed by atoms with van der Waals surface area (Å²) in [5, 5.41) is 11.1. The molecule has 0 spiro atoms. The van der Waals surface area contributed by atoms with Gasteiger partial charge in [0.25, 0.3) is 0 Å². The Morgan fingerprint density at radius 3 is 2.96 bits per heavy atom. The van der Waals surface area contributed by atoms with Crippen molar-refractivity contribution in [1.29, 1.82) is 0 Å². The molecule has 0 fully saturated rings. The smallest absolute Gasteiger partial charge is 0.168 e. The number of hydrogen-bond acceptors (Lipinski definition) is 5. The molecule has 0 aliphatic heterocycles. The summed E-state index contributed by atoms with van der Waals surface area (Å²) in [5.41, 5.74) is 2.52. The van der Waals surface area contributed by atoms with Gasteiger partial charge in [0.1, 0.15) is 17.2 Å². The Hall–Kier alpha value is -3.12. The molecule has 122 valence electrons. The number of thiophene rings is 1. The molecule has 0 atom stereocenters. The van der Waals surface area contributed by atoms with Crippen molar-refractivity contribution >= 4 is 33.8 Å². The molecule has 4 heterocycles. The number of rotatable bonds is 4. The van der Waals surface area contributed by atoms with E-state index in [2.05, 4.69) is 32.9 Å². The molecule has 0 radical (unpaired) electrons. The van der Waals surface area contributed by atoms with Gasteiger partial charge in [-0.1, -0.05) is 24.3 Å². The Morgan fingerprint density at radius 2 is 2.08 bits per heavy atom. The van der Waals surface area contributed by atoms with Crippen LogP contribution in [0.25, 0.3) is 27.9 Å². The molecule has 0 aliphatic rings. The number of furan rings is 1. The van der Waals surface area contributed by atoms with Gasteiger partial charge in [-0.15, -0.1) is 11.3 Å². The predicted molar refractivity (Wildman–Crippen MR) is 99.8 cm³/mol. The van der Waals surface area contributed by atoms with E-state index in [0.717, 1.165) is 40.3 Å². The molecular formula is C19H14N4OS. The van der Waals surface area contributed by atoms with Crippen molar-refractivity contribution < 1.29 is 4.42 Å². The molecule has 5 nitrogen and oxygen atoms in total. The second-order valence-corrected chi connectivity index (χ2v) is 6.74. The van der Waals surface area contributed by atoms with Crippen LogP contribution in [0.3, 0.4) is 0 Å². The number of nitrogens with one attached hydrogen (secondary N) is 1. The molecule has 25 heavy (non-hydrogen) atoms. The molecule has 0 unspecified atom stereocenters. The summed E-state index contributed by atoms with van der Waals surface area (Å²) in [6.45, 7) is 0.761. The van der Waals surface area contributed by atoms with Crippen LogP contribution >= 0.6 is 11.3 Å². The largest absolute Gasteiger partial charge is 0.456 e. The van der Waals surface area contributed by atoms with E-state index in [1.807, 2.05) is 40.9 Å². The average Bonchev–Trinajstić information content (AvgIpc) is 3.37. The van der Waals surface area contributed by atoms with E-state index in [1.54, 1.807) is 23.7 Å². The molecule has 1 N–H and O–H groups in total. The molecule has 5 aromatic rings. The minimum Gasteiger partial charge on any atom is -0.456 e. The highest BCUT2D eigenvalue weighted by molar-refractivity contribution is 7.09. The van der Waals surface area contributed by atoms with Gasteiger partial charge in [-0.3, -0.25) is 0 Å². The van der Waals surface area contributed by atoms with Gasteiger partial charge in [0.05, 0.1) is 18.3 Å². The summed E-state index contributed by atoms with van der Waals surface area (Å²) in [6.07, 6.45) is 3.59. The molecule has 0 aliphatic carbocycles. The second-order valence-electron chi connectivity index (χ2n) is 5.71. The van der Waals surface area contributed by atoms with Crippen molar-refractivity contribution in [2.24, 2.45) is 0 Å². The highest BCUT2D eigenvalue weighted by Gasteiger charge is 2.14. The SMILES string of the molecule is c1csc(CNc2ccnc3c(-c4cc5ccccc5o4)cnn23)c1. The van der Waals surface area contributed by atoms with E-state index in [1.165, 1.54) is 4.88 Å². The topological polar surface area (TPSA) is 55.4 Å². The van der Waals surface area contributed by atoms with Crippen molar-refractivity contribution in [3.63, 3.8) is 0 Å². The van der Waals surface area contributed by atoms with Gasteiger partial charge in [0, 0.05) is 16.5 Å². The van der Waals surface area contributed by atoms with Gasteiger partial charge in [-0.25, -0.2) is 4.98 Å². The zero-order chi connectivity index (χ0) is 16.6. The molecule has 1 aromatic carbocycles. The molecule has 0 saturated carbocycles. The zero-order valence-electron chi connectivity index (χ0n) is 13.2. The molecule has 0 saturated heterocycles. The van der Waals surface area contributed by atoms with Gasteiger partial charge in [0.2, 0.25) is 0 Å². The fourth-order valence-electron chi connectivity index (χ4n) is 2.90. The third kappa shape index (κ3) is 2.47. The standard InChI is InChI=1S/C19H14N4OS/c1-2-6-16-13(4-1)10-17(24-16)15-12-22-23-18(7-8-20-19(15)23)21-11-14-5-3-9-25-14/h1-10,12,21H,11H2. The minimum absolute atomic E-state index is 0.761. The lowest BCUT2D eigenvalue weighted by atomic mass is 10.2. The minimum atomic E-state index is 0.761. The van der Waals surface area contributed by atoms with Crippen molar-refractivity contribution in [3.05, 3.63) is 71.2 Å². The summed E-state index contributed by atoms with van der Waals surface area (Å²) < 4.78 is 7.78. The number of para-hydroxylation sites is 1. The van der Waals surface area contributed by atoms with Crippen molar-refractivity contribution in [2.45, 2.75) is 6.54 Å². The Morgan fingerprint density at radius 1 is 1.12 bits per heavy atom. The lowest BCUT2D eigenvalue weighted by Crippen LogP contribution is -2.04. The van der Waals surface area contributed by atoms with Crippen LogP contribution in [0.15, 0.2) is 70.7 Å². The van der Waals surface area contributed by atoms with Crippen molar-refractivity contribution in [1.82, 2.24) is 14.6 Å². The number of nitrogens with zero attached hydrogens (tertiary/aromatic N) is 3. The Labute approximate surface area is 147 Å². The fraction of sp³-hybridized carbons (Fsp3) is 0.0526. The van der Waals surface area contributed by atoms with Gasteiger partial charge in [0.15, 0.2) is 5.65 Å². The van der Waals surface area contributed by atoms with Crippen molar-refractivity contribution in [3.8, 4) is 11.3 Å². The Bertz CT molecular complexity index is 1120. The first kappa shape index (κ1) is 14.2. The third-order valence-corrected chi connectivity index (χ3v) is 4.99. The van der Waals surface area contributed by atoms with Crippen LogP contribution in [-0.2, 0) is 6.54 Å². The lowest BCUT2D eigenvalue weighted by molar-refractivity contribution is 0.632. The molecular weight excluding hydrogens is 332 g/mol. The highest BCUT2D eigenvalue weighted by atomic mass is 32.1. The van der Waals surface area contributed by atoms with Crippen LogP contribution < -0.4 is 5.32 Å². The summed E-state index contributed by atoms with van der Waals surface area (Å²) in [4.78, 5) is 5.77. The normalized spacial score (nSPS) is 11.4. The summed E-state index contributed by atoms with van der Waals surface area (Å²) >= 11 is 1.73. The quantitative estimate of drug-likeness (QED) is 0.507. The van der Waals surface area contributed by atoms with E-state index >= 15 is 0 Å². The van der Waals surface area contributed by atoms with Gasteiger partial charge >= 0.3 is 0 Å². The van der Waals surface area contributed by atoms with Gasteiger partial charge in [-0.2, -0.15) is 9.61 Å². The van der Waals surface area contributed by atoms with Crippen LogP contribution in [0.5, 0.6) is 0 Å². The molecule has 6 heteroatoms. The molecule has 4 aromatic heterocycles. The van der Waals surface area contributed by atoms with Crippen molar-refractivity contribution in [2.75, 3.05) is 5.32 Å². The van der Waals surface area contributed by atoms with E-state index in [-0.39, 0.29) is 0 Å².